The van der Waals surface area contributed by atoms with E-state index in [9.17, 15) is 9.59 Å². The Morgan fingerprint density at radius 2 is 2.07 bits per heavy atom. The number of rotatable bonds is 4. The summed E-state index contributed by atoms with van der Waals surface area (Å²) in [7, 11) is 0. The first kappa shape index (κ1) is 10.4. The van der Waals surface area contributed by atoms with Crippen molar-refractivity contribution in [1.29, 1.82) is 0 Å². The van der Waals surface area contributed by atoms with E-state index in [0.717, 1.165) is 12.8 Å². The zero-order chi connectivity index (χ0) is 10.8. The molecule has 5 heteroatoms. The summed E-state index contributed by atoms with van der Waals surface area (Å²) in [6.45, 7) is 0.511. The average Bonchev–Trinajstić information content (AvgIpc) is 2.82. The second kappa shape index (κ2) is 4.18. The molecule has 0 spiro atoms. The molecule has 1 saturated heterocycles. The van der Waals surface area contributed by atoms with Crippen LogP contribution in [0, 0.1) is 11.8 Å². The van der Waals surface area contributed by atoms with E-state index in [1.54, 1.807) is 0 Å². The van der Waals surface area contributed by atoms with Crippen LogP contribution in [0.1, 0.15) is 19.3 Å². The van der Waals surface area contributed by atoms with Gasteiger partial charge in [-0.3, -0.25) is 9.59 Å². The zero-order valence-corrected chi connectivity index (χ0v) is 8.44. The quantitative estimate of drug-likeness (QED) is 0.689. The molecule has 1 amide bonds. The van der Waals surface area contributed by atoms with Crippen LogP contribution in [0.25, 0.3) is 0 Å². The second-order valence-electron chi connectivity index (χ2n) is 4.30. The second-order valence-corrected chi connectivity index (χ2v) is 4.30. The summed E-state index contributed by atoms with van der Waals surface area (Å²) in [5.74, 6) is -1.01. The Morgan fingerprint density at radius 3 is 2.67 bits per heavy atom. The lowest BCUT2D eigenvalue weighted by Crippen LogP contribution is -2.42. The Labute approximate surface area is 87.8 Å². The Kier molecular flexibility index (Phi) is 2.90. The number of carboxylic acids is 1. The molecule has 1 aliphatic carbocycles. The molecule has 15 heavy (non-hydrogen) atoms. The van der Waals surface area contributed by atoms with Gasteiger partial charge in [0.25, 0.3) is 0 Å². The van der Waals surface area contributed by atoms with Crippen molar-refractivity contribution < 1.29 is 19.4 Å². The highest BCUT2D eigenvalue weighted by Crippen LogP contribution is 2.32. The number of ether oxygens (including phenoxy) is 1. The van der Waals surface area contributed by atoms with E-state index in [2.05, 4.69) is 5.32 Å². The van der Waals surface area contributed by atoms with Gasteiger partial charge in [0.2, 0.25) is 5.91 Å². The molecule has 2 atom stereocenters. The van der Waals surface area contributed by atoms with Crippen molar-refractivity contribution in [2.45, 2.75) is 25.3 Å². The molecule has 5 nitrogen and oxygen atoms in total. The summed E-state index contributed by atoms with van der Waals surface area (Å²) in [5, 5.41) is 11.6. The largest absolute Gasteiger partial charge is 0.481 e. The fraction of sp³-hybridized carbons (Fsp3) is 0.800. The highest BCUT2D eigenvalue weighted by atomic mass is 16.5. The number of nitrogens with one attached hydrogen (secondary N) is 1. The van der Waals surface area contributed by atoms with Gasteiger partial charge in [-0.05, 0) is 18.8 Å². The van der Waals surface area contributed by atoms with Crippen molar-refractivity contribution in [3.8, 4) is 0 Å². The monoisotopic (exact) mass is 213 g/mol. The number of amides is 1. The molecule has 0 bridgehead atoms. The van der Waals surface area contributed by atoms with Gasteiger partial charge in [-0.25, -0.2) is 0 Å². The Balaban J connectivity index is 1.81. The lowest BCUT2D eigenvalue weighted by Gasteiger charge is -2.15. The fourth-order valence-corrected chi connectivity index (χ4v) is 1.79. The standard InChI is InChI=1S/C10H15NO4/c12-9(3-6-1-2-6)11-8-5-15-4-7(8)10(13)14/h6-8H,1-5H2,(H,11,12)(H,13,14). The van der Waals surface area contributed by atoms with Crippen LogP contribution in [0.3, 0.4) is 0 Å². The molecule has 0 radical (unpaired) electrons. The molecule has 0 aromatic carbocycles. The molecule has 0 aromatic heterocycles. The maximum absolute atomic E-state index is 11.5. The minimum Gasteiger partial charge on any atom is -0.481 e. The molecule has 1 aliphatic heterocycles. The molecular weight excluding hydrogens is 198 g/mol. The summed E-state index contributed by atoms with van der Waals surface area (Å²) < 4.78 is 5.06. The van der Waals surface area contributed by atoms with E-state index in [1.807, 2.05) is 0 Å². The van der Waals surface area contributed by atoms with Crippen molar-refractivity contribution in [3.63, 3.8) is 0 Å². The normalized spacial score (nSPS) is 30.1. The first-order chi connectivity index (χ1) is 7.16. The van der Waals surface area contributed by atoms with Crippen LogP contribution < -0.4 is 5.32 Å². The molecule has 2 unspecified atom stereocenters. The Morgan fingerprint density at radius 1 is 1.33 bits per heavy atom. The smallest absolute Gasteiger partial charge is 0.311 e. The lowest BCUT2D eigenvalue weighted by atomic mass is 10.0. The summed E-state index contributed by atoms with van der Waals surface area (Å²) in [6.07, 6.45) is 2.77. The van der Waals surface area contributed by atoms with E-state index >= 15 is 0 Å². The average molecular weight is 213 g/mol. The van der Waals surface area contributed by atoms with E-state index in [4.69, 9.17) is 9.84 Å². The summed E-state index contributed by atoms with van der Waals surface area (Å²) >= 11 is 0. The van der Waals surface area contributed by atoms with Gasteiger partial charge in [-0.1, -0.05) is 0 Å². The van der Waals surface area contributed by atoms with Crippen molar-refractivity contribution in [2.24, 2.45) is 11.8 Å². The van der Waals surface area contributed by atoms with Crippen LogP contribution in [0.4, 0.5) is 0 Å². The Hall–Kier alpha value is -1.10. The minimum absolute atomic E-state index is 0.0424. The van der Waals surface area contributed by atoms with Crippen LogP contribution in [-0.4, -0.2) is 36.2 Å². The van der Waals surface area contributed by atoms with E-state index < -0.39 is 11.9 Å². The molecule has 2 fully saturated rings. The molecule has 0 aromatic rings. The maximum atomic E-state index is 11.5. The van der Waals surface area contributed by atoms with Gasteiger partial charge >= 0.3 is 5.97 Å². The fourth-order valence-electron chi connectivity index (χ4n) is 1.79. The predicted molar refractivity (Wildman–Crippen MR) is 51.2 cm³/mol. The summed E-state index contributed by atoms with van der Waals surface area (Å²) in [4.78, 5) is 22.3. The van der Waals surface area contributed by atoms with Crippen molar-refractivity contribution in [1.82, 2.24) is 5.32 Å². The lowest BCUT2D eigenvalue weighted by molar-refractivity contribution is -0.142. The van der Waals surface area contributed by atoms with Gasteiger partial charge in [-0.15, -0.1) is 0 Å². The third-order valence-corrected chi connectivity index (χ3v) is 2.92. The zero-order valence-electron chi connectivity index (χ0n) is 8.44. The third-order valence-electron chi connectivity index (χ3n) is 2.92. The van der Waals surface area contributed by atoms with E-state index in [-0.39, 0.29) is 18.6 Å². The molecule has 1 saturated carbocycles. The summed E-state index contributed by atoms with van der Waals surface area (Å²) in [5.41, 5.74) is 0. The van der Waals surface area contributed by atoms with Gasteiger partial charge < -0.3 is 15.2 Å². The third kappa shape index (κ3) is 2.68. The molecular formula is C10H15NO4. The first-order valence-electron chi connectivity index (χ1n) is 5.26. The number of hydrogen-bond acceptors (Lipinski definition) is 3. The number of carbonyl (C=O) groups is 2. The SMILES string of the molecule is O=C(CC1CC1)NC1COCC1C(=O)O. The minimum atomic E-state index is -0.899. The number of carboxylic acid groups (broad SMARTS) is 1. The topological polar surface area (TPSA) is 75.6 Å². The number of carbonyl (C=O) groups excluding carboxylic acids is 1. The molecule has 2 rings (SSSR count). The first-order valence-corrected chi connectivity index (χ1v) is 5.26. The highest BCUT2D eigenvalue weighted by Gasteiger charge is 2.35. The molecule has 84 valence electrons. The molecule has 2 aliphatic rings. The predicted octanol–water partition coefficient (Wildman–Crippen LogP) is 0.00230. The number of aliphatic carboxylic acids is 1. The van der Waals surface area contributed by atoms with Crippen molar-refractivity contribution in [3.05, 3.63) is 0 Å². The van der Waals surface area contributed by atoms with E-state index in [1.165, 1.54) is 0 Å². The highest BCUT2D eigenvalue weighted by molar-refractivity contribution is 5.78. The van der Waals surface area contributed by atoms with Crippen molar-refractivity contribution in [2.75, 3.05) is 13.2 Å². The summed E-state index contributed by atoms with van der Waals surface area (Å²) in [6, 6.07) is -0.353. The van der Waals surface area contributed by atoms with Crippen LogP contribution in [0.2, 0.25) is 0 Å². The van der Waals surface area contributed by atoms with Gasteiger partial charge in [0.1, 0.15) is 5.92 Å². The van der Waals surface area contributed by atoms with Crippen LogP contribution >= 0.6 is 0 Å². The number of hydrogen-bond donors (Lipinski definition) is 2. The van der Waals surface area contributed by atoms with Crippen molar-refractivity contribution >= 4 is 11.9 Å². The van der Waals surface area contributed by atoms with E-state index in [0.29, 0.717) is 18.9 Å². The van der Waals surface area contributed by atoms with Gasteiger partial charge in [-0.2, -0.15) is 0 Å². The van der Waals surface area contributed by atoms with Crippen LogP contribution in [-0.2, 0) is 14.3 Å². The van der Waals surface area contributed by atoms with Gasteiger partial charge in [0, 0.05) is 6.42 Å². The van der Waals surface area contributed by atoms with Gasteiger partial charge in [0.05, 0.1) is 19.3 Å². The molecule has 2 N–H and O–H groups in total. The van der Waals surface area contributed by atoms with Crippen LogP contribution in [0.15, 0.2) is 0 Å². The Bertz CT molecular complexity index is 275. The van der Waals surface area contributed by atoms with Gasteiger partial charge in [0.15, 0.2) is 0 Å². The maximum Gasteiger partial charge on any atom is 0.311 e. The molecule has 1 heterocycles. The van der Waals surface area contributed by atoms with Crippen LogP contribution in [0.5, 0.6) is 0 Å².